The maximum absolute atomic E-state index is 14.1. The number of phenols is 1. The lowest BCUT2D eigenvalue weighted by molar-refractivity contribution is -0.154. The van der Waals surface area contributed by atoms with Crippen LogP contribution >= 0.6 is 0 Å². The van der Waals surface area contributed by atoms with Crippen LogP contribution < -0.4 is 10.2 Å². The molecule has 0 saturated heterocycles. The van der Waals surface area contributed by atoms with Crippen LogP contribution in [0.5, 0.6) is 17.2 Å². The Balaban J connectivity index is 2.12. The molecule has 0 aliphatic heterocycles. The second kappa shape index (κ2) is 11.9. The van der Waals surface area contributed by atoms with Gasteiger partial charge in [-0.3, -0.25) is 9.69 Å². The van der Waals surface area contributed by atoms with Crippen molar-refractivity contribution in [2.75, 3.05) is 19.7 Å². The Morgan fingerprint density at radius 2 is 1.63 bits per heavy atom. The summed E-state index contributed by atoms with van der Waals surface area (Å²) >= 11 is 0. The van der Waals surface area contributed by atoms with Gasteiger partial charge in [0.15, 0.2) is 0 Å². The van der Waals surface area contributed by atoms with E-state index in [1.165, 1.54) is 36.4 Å². The number of alkyl halides is 3. The van der Waals surface area contributed by atoms with Crippen LogP contribution in [0.4, 0.5) is 13.2 Å². The van der Waals surface area contributed by atoms with E-state index >= 15 is 0 Å². The van der Waals surface area contributed by atoms with E-state index in [9.17, 15) is 27.9 Å². The highest BCUT2D eigenvalue weighted by Gasteiger charge is 2.41. The van der Waals surface area contributed by atoms with Gasteiger partial charge in [-0.2, -0.15) is 13.2 Å². The highest BCUT2D eigenvalue weighted by Crippen LogP contribution is 2.40. The summed E-state index contributed by atoms with van der Waals surface area (Å²) in [4.78, 5) is 27.2. The van der Waals surface area contributed by atoms with Crippen LogP contribution in [-0.4, -0.2) is 35.7 Å². The zero-order chi connectivity index (χ0) is 28.2. The molecule has 0 aliphatic carbocycles. The molecule has 0 atom stereocenters. The maximum Gasteiger partial charge on any atom is 0.453 e. The number of hydrogen-bond donors (Lipinski definition) is 1. The van der Waals surface area contributed by atoms with E-state index in [-0.39, 0.29) is 58.6 Å². The number of aromatic hydroxyl groups is 1. The van der Waals surface area contributed by atoms with Gasteiger partial charge in [-0.1, -0.05) is 27.7 Å². The van der Waals surface area contributed by atoms with Crippen LogP contribution in [0.1, 0.15) is 56.3 Å². The Morgan fingerprint density at radius 3 is 2.16 bits per heavy atom. The lowest BCUT2D eigenvalue weighted by atomic mass is 10.1. The van der Waals surface area contributed by atoms with Crippen molar-refractivity contribution in [3.05, 3.63) is 63.5 Å². The quantitative estimate of drug-likeness (QED) is 0.293. The van der Waals surface area contributed by atoms with Crippen LogP contribution in [-0.2, 0) is 17.5 Å². The van der Waals surface area contributed by atoms with Gasteiger partial charge in [0.1, 0.15) is 17.1 Å². The summed E-state index contributed by atoms with van der Waals surface area (Å²) in [7, 11) is 0. The molecule has 0 fully saturated rings. The summed E-state index contributed by atoms with van der Waals surface area (Å²) in [6, 6.07) is 7.63. The topological polar surface area (TPSA) is 89.2 Å². The molecule has 0 radical (unpaired) electrons. The number of esters is 1. The fraction of sp³-hybridized carbons (Fsp3) is 0.429. The zero-order valence-electron chi connectivity index (χ0n) is 22.0. The Bertz CT molecular complexity index is 1320. The summed E-state index contributed by atoms with van der Waals surface area (Å²) in [6.45, 7) is 11.2. The van der Waals surface area contributed by atoms with Gasteiger partial charge < -0.3 is 19.0 Å². The summed E-state index contributed by atoms with van der Waals surface area (Å²) < 4.78 is 57.9. The van der Waals surface area contributed by atoms with Gasteiger partial charge in [0.25, 0.3) is 5.76 Å². The minimum atomic E-state index is -5.06. The van der Waals surface area contributed by atoms with Gasteiger partial charge in [0.05, 0.1) is 23.1 Å². The van der Waals surface area contributed by atoms with E-state index in [2.05, 4.69) is 0 Å². The van der Waals surface area contributed by atoms with Crippen LogP contribution in [0.3, 0.4) is 0 Å². The SMILES string of the molecule is CCOC(=O)c1ccc(Oc2c(C(F)(F)F)oc3c(CN(CC(C)C)CC(C)C)c(O)ccc3c2=O)cc1. The van der Waals surface area contributed by atoms with Crippen LogP contribution in [0.25, 0.3) is 11.0 Å². The van der Waals surface area contributed by atoms with E-state index in [1.807, 2.05) is 32.6 Å². The number of ether oxygens (including phenoxy) is 2. The molecule has 0 unspecified atom stereocenters. The maximum atomic E-state index is 14.1. The summed E-state index contributed by atoms with van der Waals surface area (Å²) in [5.74, 6) is -3.10. The predicted molar refractivity (Wildman–Crippen MR) is 137 cm³/mol. The number of rotatable bonds is 10. The van der Waals surface area contributed by atoms with Crippen molar-refractivity contribution in [1.82, 2.24) is 4.90 Å². The van der Waals surface area contributed by atoms with Crippen LogP contribution in [0.15, 0.2) is 45.6 Å². The average Bonchev–Trinajstić information content (AvgIpc) is 2.81. The summed E-state index contributed by atoms with van der Waals surface area (Å²) in [5.41, 5.74) is -1.11. The van der Waals surface area contributed by atoms with Crippen molar-refractivity contribution in [3.63, 3.8) is 0 Å². The molecule has 1 N–H and O–H groups in total. The molecular formula is C28H32F3NO6. The Morgan fingerprint density at radius 1 is 1.03 bits per heavy atom. The van der Waals surface area contributed by atoms with Gasteiger partial charge in [0, 0.05) is 19.6 Å². The second-order valence-corrected chi connectivity index (χ2v) is 9.86. The van der Waals surface area contributed by atoms with E-state index < -0.39 is 29.1 Å². The molecule has 1 aromatic heterocycles. The Labute approximate surface area is 218 Å². The average molecular weight is 536 g/mol. The fourth-order valence-electron chi connectivity index (χ4n) is 4.17. The number of fused-ring (bicyclic) bond motifs is 1. The molecule has 0 saturated carbocycles. The minimum absolute atomic E-state index is 0.0926. The molecule has 3 rings (SSSR count). The van der Waals surface area contributed by atoms with Crippen molar-refractivity contribution in [3.8, 4) is 17.2 Å². The highest BCUT2D eigenvalue weighted by molar-refractivity contribution is 5.89. The summed E-state index contributed by atoms with van der Waals surface area (Å²) in [5, 5.41) is 10.4. The molecule has 0 spiro atoms. The zero-order valence-corrected chi connectivity index (χ0v) is 22.0. The van der Waals surface area contributed by atoms with Gasteiger partial charge in [0.2, 0.25) is 11.2 Å². The molecule has 1 heterocycles. The lowest BCUT2D eigenvalue weighted by Crippen LogP contribution is -2.31. The first-order valence-corrected chi connectivity index (χ1v) is 12.4. The van der Waals surface area contributed by atoms with Crippen LogP contribution in [0, 0.1) is 11.8 Å². The molecule has 206 valence electrons. The highest BCUT2D eigenvalue weighted by atomic mass is 19.4. The molecule has 3 aromatic rings. The number of benzene rings is 2. The third kappa shape index (κ3) is 6.86. The number of phenolic OH excluding ortho intramolecular Hbond substituents is 1. The standard InChI is InChI=1S/C28H32F3NO6/c1-6-36-27(35)18-7-9-19(10-8-18)37-25-23(34)20-11-12-22(33)21(24(20)38-26(25)28(29,30)31)15-32(13-16(2)3)14-17(4)5/h7-12,16-17,33H,6,13-15H2,1-5H3. The Hall–Kier alpha value is -3.53. The molecule has 7 nitrogen and oxygen atoms in total. The number of hydrogen-bond acceptors (Lipinski definition) is 7. The largest absolute Gasteiger partial charge is 0.507 e. The normalized spacial score (nSPS) is 12.1. The van der Waals surface area contributed by atoms with E-state index in [0.29, 0.717) is 13.1 Å². The van der Waals surface area contributed by atoms with Gasteiger partial charge in [-0.25, -0.2) is 4.79 Å². The first-order valence-electron chi connectivity index (χ1n) is 12.4. The van der Waals surface area contributed by atoms with E-state index in [0.717, 1.165) is 0 Å². The number of nitrogens with zero attached hydrogens (tertiary/aromatic N) is 1. The molecule has 0 bridgehead atoms. The van der Waals surface area contributed by atoms with Crippen molar-refractivity contribution >= 4 is 16.9 Å². The molecule has 38 heavy (non-hydrogen) atoms. The third-order valence-corrected chi connectivity index (χ3v) is 5.57. The van der Waals surface area contributed by atoms with E-state index in [4.69, 9.17) is 13.9 Å². The molecular weight excluding hydrogens is 503 g/mol. The smallest absolute Gasteiger partial charge is 0.453 e. The number of halogens is 3. The van der Waals surface area contributed by atoms with Gasteiger partial charge in [-0.05, 0) is 55.2 Å². The third-order valence-electron chi connectivity index (χ3n) is 5.57. The first-order chi connectivity index (χ1) is 17.8. The molecule has 0 aliphatic rings. The van der Waals surface area contributed by atoms with Crippen molar-refractivity contribution in [1.29, 1.82) is 0 Å². The second-order valence-electron chi connectivity index (χ2n) is 9.86. The monoisotopic (exact) mass is 535 g/mol. The Kier molecular flexibility index (Phi) is 9.09. The molecule has 0 amide bonds. The number of carbonyl (C=O) groups is 1. The van der Waals surface area contributed by atoms with E-state index in [1.54, 1.807) is 6.92 Å². The number of carbonyl (C=O) groups excluding carboxylic acids is 1. The predicted octanol–water partition coefficient (Wildman–Crippen LogP) is 6.60. The first kappa shape index (κ1) is 29.0. The fourth-order valence-corrected chi connectivity index (χ4v) is 4.17. The minimum Gasteiger partial charge on any atom is -0.507 e. The summed E-state index contributed by atoms with van der Waals surface area (Å²) in [6.07, 6.45) is -5.06. The molecule has 2 aromatic carbocycles. The van der Waals surface area contributed by atoms with Crippen molar-refractivity contribution in [2.45, 2.75) is 47.3 Å². The van der Waals surface area contributed by atoms with Crippen LogP contribution in [0.2, 0.25) is 0 Å². The van der Waals surface area contributed by atoms with Gasteiger partial charge in [-0.15, -0.1) is 0 Å². The van der Waals surface area contributed by atoms with Gasteiger partial charge >= 0.3 is 12.1 Å². The van der Waals surface area contributed by atoms with Crippen molar-refractivity contribution in [2.24, 2.45) is 11.8 Å². The molecule has 10 heteroatoms. The lowest BCUT2D eigenvalue weighted by Gasteiger charge is -2.26. The van der Waals surface area contributed by atoms with Crippen molar-refractivity contribution < 1.29 is 37.0 Å².